The second-order valence-corrected chi connectivity index (χ2v) is 6.06. The second-order valence-electron chi connectivity index (χ2n) is 5.06. The maximum absolute atomic E-state index is 5.60. The van der Waals surface area contributed by atoms with Gasteiger partial charge in [-0.15, -0.1) is 0 Å². The number of hydrogen-bond acceptors (Lipinski definition) is 3. The summed E-state index contributed by atoms with van der Waals surface area (Å²) in [6.45, 7) is 0. The van der Waals surface area contributed by atoms with Crippen LogP contribution in [-0.2, 0) is 17.4 Å². The van der Waals surface area contributed by atoms with Gasteiger partial charge in [0.1, 0.15) is 0 Å². The van der Waals surface area contributed by atoms with Crippen LogP contribution in [0.3, 0.4) is 0 Å². The molecule has 0 aromatic heterocycles. The van der Waals surface area contributed by atoms with Crippen molar-refractivity contribution in [3.63, 3.8) is 0 Å². The fourth-order valence-corrected chi connectivity index (χ4v) is 4.51. The minimum atomic E-state index is 0. The summed E-state index contributed by atoms with van der Waals surface area (Å²) in [5.74, 6) is 3.69. The van der Waals surface area contributed by atoms with Crippen molar-refractivity contribution in [3.05, 3.63) is 0 Å². The molecule has 5 atom stereocenters. The number of hydrogen-bond donors (Lipinski definition) is 0. The Morgan fingerprint density at radius 1 is 1.13 bits per heavy atom. The van der Waals surface area contributed by atoms with E-state index in [1.807, 2.05) is 0 Å². The number of thiocarbonyl (C=S) groups is 1. The van der Waals surface area contributed by atoms with E-state index in [9.17, 15) is 0 Å². The van der Waals surface area contributed by atoms with Crippen LogP contribution in [0, 0.1) is 23.7 Å². The van der Waals surface area contributed by atoms with Gasteiger partial charge in [-0.25, -0.2) is 0 Å². The number of rotatable bonds is 1. The van der Waals surface area contributed by atoms with Crippen LogP contribution in [0.1, 0.15) is 32.1 Å². The van der Waals surface area contributed by atoms with Crippen molar-refractivity contribution >= 4 is 29.2 Å². The van der Waals surface area contributed by atoms with Crippen molar-refractivity contribution in [2.45, 2.75) is 38.2 Å². The van der Waals surface area contributed by atoms with E-state index in [0.717, 1.165) is 23.7 Å². The minimum Gasteiger partial charge on any atom is -0.510 e. The van der Waals surface area contributed by atoms with Gasteiger partial charge in [0.15, 0.2) is 0 Å². The minimum absolute atomic E-state index is 0. The zero-order valence-electron chi connectivity index (χ0n) is 9.15. The van der Waals surface area contributed by atoms with E-state index in [1.165, 1.54) is 32.1 Å². The Bertz CT molecular complexity index is 271. The van der Waals surface area contributed by atoms with E-state index in [2.05, 4.69) is 0 Å². The summed E-state index contributed by atoms with van der Waals surface area (Å²) < 4.78 is 5.93. The van der Waals surface area contributed by atoms with Gasteiger partial charge in [0.2, 0.25) is 0 Å². The summed E-state index contributed by atoms with van der Waals surface area (Å²) in [7, 11) is 0. The Morgan fingerprint density at radius 2 is 1.87 bits per heavy atom. The topological polar surface area (TPSA) is 9.23 Å². The van der Waals surface area contributed by atoms with Crippen LogP contribution in [0.25, 0.3) is 0 Å². The van der Waals surface area contributed by atoms with Gasteiger partial charge in [-0.2, -0.15) is 0 Å². The van der Waals surface area contributed by atoms with Crippen molar-refractivity contribution in [3.8, 4) is 0 Å². The zero-order chi connectivity index (χ0) is 9.71. The molecule has 0 amide bonds. The maximum Gasteiger partial charge on any atom is 1.00 e. The fourth-order valence-electron chi connectivity index (χ4n) is 4.26. The van der Waals surface area contributed by atoms with E-state index in [0.29, 0.717) is 10.5 Å². The van der Waals surface area contributed by atoms with E-state index in [1.54, 1.807) is 0 Å². The van der Waals surface area contributed by atoms with Gasteiger partial charge in [0.25, 0.3) is 0 Å². The van der Waals surface area contributed by atoms with Crippen molar-refractivity contribution in [1.82, 2.24) is 0 Å². The van der Waals surface area contributed by atoms with Crippen LogP contribution in [0.2, 0.25) is 0 Å². The van der Waals surface area contributed by atoms with Crippen LogP contribution in [-0.4, -0.2) is 10.5 Å². The molecule has 0 aromatic rings. The maximum atomic E-state index is 5.60. The third-order valence-electron chi connectivity index (χ3n) is 4.62. The first-order valence-corrected chi connectivity index (χ1v) is 6.45. The fraction of sp³-hybridized carbons (Fsp3) is 0.909. The van der Waals surface area contributed by atoms with E-state index < -0.39 is 0 Å². The molecule has 0 aliphatic heterocycles. The monoisotopic (exact) mass is 266 g/mol. The number of fused-ring (bicyclic) bond motifs is 5. The smallest absolute Gasteiger partial charge is 0.510 e. The molecule has 4 heteroatoms. The predicted octanol–water partition coefficient (Wildman–Crippen LogP) is -0.336. The van der Waals surface area contributed by atoms with E-state index >= 15 is 0 Å². The summed E-state index contributed by atoms with van der Waals surface area (Å²) in [6, 6.07) is 0. The predicted molar refractivity (Wildman–Crippen MR) is 61.9 cm³/mol. The summed E-state index contributed by atoms with van der Waals surface area (Å²) in [4.78, 5) is 0. The van der Waals surface area contributed by atoms with Gasteiger partial charge in [-0.05, 0) is 49.4 Å². The summed E-state index contributed by atoms with van der Waals surface area (Å²) >= 11 is 9.72. The molecule has 15 heavy (non-hydrogen) atoms. The molecule has 3 aliphatic rings. The van der Waals surface area contributed by atoms with Gasteiger partial charge in [-0.3, -0.25) is 0 Å². The molecule has 0 spiro atoms. The van der Waals surface area contributed by atoms with Gasteiger partial charge < -0.3 is 29.6 Å². The first-order valence-electron chi connectivity index (χ1n) is 5.63. The Hall–Kier alpha value is 1.75. The molecule has 3 fully saturated rings. The van der Waals surface area contributed by atoms with Gasteiger partial charge >= 0.3 is 51.4 Å². The molecule has 0 aromatic carbocycles. The third kappa shape index (κ3) is 2.33. The third-order valence-corrected chi connectivity index (χ3v) is 4.81. The van der Waals surface area contributed by atoms with E-state index in [4.69, 9.17) is 29.6 Å². The van der Waals surface area contributed by atoms with E-state index in [-0.39, 0.29) is 51.4 Å². The van der Waals surface area contributed by atoms with Crippen LogP contribution in [0.15, 0.2) is 0 Å². The summed E-state index contributed by atoms with van der Waals surface area (Å²) in [5, 5.41) is 0. The molecule has 2 unspecified atom stereocenters. The normalized spacial score (nSPS) is 46.0. The van der Waals surface area contributed by atoms with Crippen molar-refractivity contribution in [2.75, 3.05) is 0 Å². The SMILES string of the molecule is S=C([S-])O[C@@H]1C[C@@H]2C[C@H]1C1CCCC12.[K+]. The van der Waals surface area contributed by atoms with Crippen LogP contribution >= 0.6 is 12.2 Å². The first-order chi connectivity index (χ1) is 6.75. The Labute approximate surface area is 145 Å². The van der Waals surface area contributed by atoms with Crippen molar-refractivity contribution < 1.29 is 56.1 Å². The molecule has 3 aliphatic carbocycles. The Morgan fingerprint density at radius 3 is 2.60 bits per heavy atom. The zero-order valence-corrected chi connectivity index (χ0v) is 13.9. The first kappa shape index (κ1) is 13.2. The summed E-state index contributed by atoms with van der Waals surface area (Å²) in [6.07, 6.45) is 7.32. The molecule has 2 bridgehead atoms. The Balaban J connectivity index is 0.000000853. The Kier molecular flexibility index (Phi) is 4.54. The summed E-state index contributed by atoms with van der Waals surface area (Å²) in [5.41, 5.74) is 0. The molecule has 0 radical (unpaired) electrons. The molecule has 3 rings (SSSR count). The molecule has 3 saturated carbocycles. The van der Waals surface area contributed by atoms with Crippen LogP contribution < -0.4 is 51.4 Å². The molecule has 0 heterocycles. The molecule has 0 saturated heterocycles. The van der Waals surface area contributed by atoms with Crippen LogP contribution in [0.4, 0.5) is 0 Å². The van der Waals surface area contributed by atoms with Gasteiger partial charge in [0.05, 0.1) is 6.10 Å². The standard InChI is InChI=1S/C11H16OS2.K/c13-11(14)12-10-5-6-4-9(10)8-3-1-2-7(6)8;/h6-10H,1-5H2,(H,13,14);/q;+1/p-1/t6-,7?,8?,9-,10+;/m0./s1. The molecule has 1 nitrogen and oxygen atoms in total. The van der Waals surface area contributed by atoms with Crippen molar-refractivity contribution in [1.29, 1.82) is 0 Å². The van der Waals surface area contributed by atoms with Crippen LogP contribution in [0.5, 0.6) is 0 Å². The molecule has 78 valence electrons. The molecular formula is C11H15KOS2. The van der Waals surface area contributed by atoms with Gasteiger partial charge in [-0.1, -0.05) is 6.42 Å². The average Bonchev–Trinajstić information content (AvgIpc) is 2.68. The average molecular weight is 266 g/mol. The molecule has 0 N–H and O–H groups in total. The largest absolute Gasteiger partial charge is 1.00 e. The van der Waals surface area contributed by atoms with Crippen molar-refractivity contribution in [2.24, 2.45) is 23.7 Å². The second kappa shape index (κ2) is 5.17. The quantitative estimate of drug-likeness (QED) is 0.365. The number of ether oxygens (including phenoxy) is 1. The molecular weight excluding hydrogens is 251 g/mol. The van der Waals surface area contributed by atoms with Gasteiger partial charge in [0, 0.05) is 4.38 Å².